The van der Waals surface area contributed by atoms with Crippen molar-refractivity contribution in [2.75, 3.05) is 13.1 Å². The van der Waals surface area contributed by atoms with Gasteiger partial charge in [0.15, 0.2) is 0 Å². The van der Waals surface area contributed by atoms with Crippen molar-refractivity contribution in [1.29, 1.82) is 0 Å². The molecule has 0 aliphatic carbocycles. The summed E-state index contributed by atoms with van der Waals surface area (Å²) >= 11 is 0. The summed E-state index contributed by atoms with van der Waals surface area (Å²) in [4.78, 5) is 15.1. The minimum Gasteiger partial charge on any atom is -0.420 e. The minimum atomic E-state index is -0.319. The van der Waals surface area contributed by atoms with Crippen LogP contribution in [0, 0.1) is 5.82 Å². The standard InChI is InChI=1S/C24H22FN5O2/c1-29-21(14-20(28-29)16-6-3-2-4-7-16)24(31)30-13-5-8-18(15-30)23-27-26-22(32-23)17-9-11-19(25)12-10-17/h2-4,6-7,9-12,14,18H,5,8,13,15H2,1H3. The summed E-state index contributed by atoms with van der Waals surface area (Å²) in [7, 11) is 1.79. The summed E-state index contributed by atoms with van der Waals surface area (Å²) in [5.41, 5.74) is 2.95. The molecule has 1 saturated heterocycles. The minimum absolute atomic E-state index is 0.0452. The van der Waals surface area contributed by atoms with E-state index in [0.29, 0.717) is 36.1 Å². The largest absolute Gasteiger partial charge is 0.420 e. The second-order valence-electron chi connectivity index (χ2n) is 7.95. The van der Waals surface area contributed by atoms with Crippen molar-refractivity contribution in [3.8, 4) is 22.7 Å². The van der Waals surface area contributed by atoms with Crippen LogP contribution in [0.1, 0.15) is 35.1 Å². The van der Waals surface area contributed by atoms with E-state index in [2.05, 4.69) is 15.3 Å². The second kappa shape index (κ2) is 8.37. The van der Waals surface area contributed by atoms with Gasteiger partial charge in [-0.2, -0.15) is 5.10 Å². The molecule has 2 aromatic carbocycles. The van der Waals surface area contributed by atoms with Crippen molar-refractivity contribution in [3.63, 3.8) is 0 Å². The lowest BCUT2D eigenvalue weighted by Gasteiger charge is -2.31. The normalized spacial score (nSPS) is 16.3. The van der Waals surface area contributed by atoms with Gasteiger partial charge in [0, 0.05) is 31.3 Å². The van der Waals surface area contributed by atoms with E-state index in [1.807, 2.05) is 41.3 Å². The number of hydrogen-bond donors (Lipinski definition) is 0. The Bertz CT molecular complexity index is 1230. The topological polar surface area (TPSA) is 77.1 Å². The van der Waals surface area contributed by atoms with Crippen molar-refractivity contribution in [3.05, 3.63) is 78.1 Å². The smallest absolute Gasteiger partial charge is 0.272 e. The number of amides is 1. The maximum atomic E-state index is 13.3. The Balaban J connectivity index is 1.33. The Hall–Kier alpha value is -3.81. The van der Waals surface area contributed by atoms with Gasteiger partial charge in [-0.1, -0.05) is 30.3 Å². The predicted octanol–water partition coefficient (Wildman–Crippen LogP) is 4.30. The molecule has 2 aromatic heterocycles. The number of carbonyl (C=O) groups excluding carboxylic acids is 1. The third-order valence-corrected chi connectivity index (χ3v) is 5.76. The number of hydrogen-bond acceptors (Lipinski definition) is 5. The van der Waals surface area contributed by atoms with Crippen LogP contribution in [0.3, 0.4) is 0 Å². The molecule has 1 atom stereocenters. The summed E-state index contributed by atoms with van der Waals surface area (Å²) < 4.78 is 20.7. The molecule has 0 radical (unpaired) electrons. The quantitative estimate of drug-likeness (QED) is 0.482. The molecule has 32 heavy (non-hydrogen) atoms. The molecule has 5 rings (SSSR count). The van der Waals surface area contributed by atoms with Gasteiger partial charge < -0.3 is 9.32 Å². The molecule has 1 amide bonds. The molecule has 1 unspecified atom stereocenters. The average Bonchev–Trinajstić information content (AvgIpc) is 3.47. The zero-order valence-electron chi connectivity index (χ0n) is 17.6. The van der Waals surface area contributed by atoms with Crippen LogP contribution in [-0.2, 0) is 7.05 Å². The molecule has 0 bridgehead atoms. The van der Waals surface area contributed by atoms with Crippen molar-refractivity contribution >= 4 is 5.91 Å². The Kier molecular flexibility index (Phi) is 5.26. The number of rotatable bonds is 4. The molecule has 8 heteroatoms. The van der Waals surface area contributed by atoms with Gasteiger partial charge in [0.1, 0.15) is 11.5 Å². The zero-order chi connectivity index (χ0) is 22.1. The predicted molar refractivity (Wildman–Crippen MR) is 116 cm³/mol. The third-order valence-electron chi connectivity index (χ3n) is 5.76. The highest BCUT2D eigenvalue weighted by molar-refractivity contribution is 5.93. The van der Waals surface area contributed by atoms with E-state index < -0.39 is 0 Å². The third kappa shape index (κ3) is 3.91. The molecule has 162 valence electrons. The Labute approximate surface area is 184 Å². The average molecular weight is 431 g/mol. The Morgan fingerprint density at radius 1 is 1.06 bits per heavy atom. The SMILES string of the molecule is Cn1nc(-c2ccccc2)cc1C(=O)N1CCCC(c2nnc(-c3ccc(F)cc3)o2)C1. The molecular formula is C24H22FN5O2. The zero-order valence-corrected chi connectivity index (χ0v) is 17.6. The summed E-state index contributed by atoms with van der Waals surface area (Å²) in [6.07, 6.45) is 1.70. The van der Waals surface area contributed by atoms with Crippen LogP contribution >= 0.6 is 0 Å². The fourth-order valence-electron chi connectivity index (χ4n) is 4.05. The molecule has 7 nitrogen and oxygen atoms in total. The number of likely N-dealkylation sites (tertiary alicyclic amines) is 1. The van der Waals surface area contributed by atoms with Gasteiger partial charge in [0.2, 0.25) is 11.8 Å². The lowest BCUT2D eigenvalue weighted by molar-refractivity contribution is 0.0687. The van der Waals surface area contributed by atoms with Crippen molar-refractivity contribution in [2.24, 2.45) is 7.05 Å². The molecule has 3 heterocycles. The first-order valence-electron chi connectivity index (χ1n) is 10.6. The van der Waals surface area contributed by atoms with Crippen molar-refractivity contribution in [2.45, 2.75) is 18.8 Å². The van der Waals surface area contributed by atoms with Gasteiger partial charge in [0.05, 0.1) is 11.6 Å². The number of halogens is 1. The maximum absolute atomic E-state index is 13.3. The molecule has 0 spiro atoms. The summed E-state index contributed by atoms with van der Waals surface area (Å²) in [5.74, 6) is 0.418. The van der Waals surface area contributed by atoms with Crippen LogP contribution in [-0.4, -0.2) is 43.9 Å². The van der Waals surface area contributed by atoms with Gasteiger partial charge in [-0.3, -0.25) is 9.48 Å². The van der Waals surface area contributed by atoms with E-state index in [1.54, 1.807) is 23.9 Å². The van der Waals surface area contributed by atoms with Crippen molar-refractivity contribution < 1.29 is 13.6 Å². The second-order valence-corrected chi connectivity index (χ2v) is 7.95. The van der Waals surface area contributed by atoms with E-state index in [1.165, 1.54) is 12.1 Å². The fraction of sp³-hybridized carbons (Fsp3) is 0.250. The molecule has 1 aliphatic heterocycles. The number of carbonyl (C=O) groups is 1. The van der Waals surface area contributed by atoms with Crippen LogP contribution < -0.4 is 0 Å². The highest BCUT2D eigenvalue weighted by Gasteiger charge is 2.30. The summed E-state index contributed by atoms with van der Waals surface area (Å²) in [6, 6.07) is 17.6. The van der Waals surface area contributed by atoms with Gasteiger partial charge in [-0.25, -0.2) is 4.39 Å². The van der Waals surface area contributed by atoms with E-state index >= 15 is 0 Å². The van der Waals surface area contributed by atoms with E-state index in [4.69, 9.17) is 4.42 Å². The lowest BCUT2D eigenvalue weighted by atomic mass is 9.97. The van der Waals surface area contributed by atoms with Crippen LogP contribution in [0.4, 0.5) is 4.39 Å². The fourth-order valence-corrected chi connectivity index (χ4v) is 4.05. The molecule has 0 N–H and O–H groups in total. The number of nitrogens with zero attached hydrogens (tertiary/aromatic N) is 5. The summed E-state index contributed by atoms with van der Waals surface area (Å²) in [6.45, 7) is 1.16. The Morgan fingerprint density at radius 3 is 2.62 bits per heavy atom. The van der Waals surface area contributed by atoms with Gasteiger partial charge in [-0.05, 0) is 43.2 Å². The molecule has 4 aromatic rings. The van der Waals surface area contributed by atoms with Crippen molar-refractivity contribution in [1.82, 2.24) is 24.9 Å². The van der Waals surface area contributed by atoms with Crippen LogP contribution in [0.5, 0.6) is 0 Å². The van der Waals surface area contributed by atoms with Crippen LogP contribution in [0.2, 0.25) is 0 Å². The molecule has 0 saturated carbocycles. The molecule has 1 fully saturated rings. The van der Waals surface area contributed by atoms with Crippen LogP contribution in [0.25, 0.3) is 22.7 Å². The number of aryl methyl sites for hydroxylation is 1. The number of benzene rings is 2. The highest BCUT2D eigenvalue weighted by Crippen LogP contribution is 2.29. The highest BCUT2D eigenvalue weighted by atomic mass is 19.1. The first-order valence-corrected chi connectivity index (χ1v) is 10.6. The van der Waals surface area contributed by atoms with Gasteiger partial charge >= 0.3 is 0 Å². The molecule has 1 aliphatic rings. The lowest BCUT2D eigenvalue weighted by Crippen LogP contribution is -2.40. The van der Waals surface area contributed by atoms with E-state index in [0.717, 1.165) is 24.1 Å². The van der Waals surface area contributed by atoms with Crippen LogP contribution in [0.15, 0.2) is 65.1 Å². The first-order chi connectivity index (χ1) is 15.6. The van der Waals surface area contributed by atoms with Gasteiger partial charge in [-0.15, -0.1) is 10.2 Å². The van der Waals surface area contributed by atoms with E-state index in [-0.39, 0.29) is 17.6 Å². The Morgan fingerprint density at radius 2 is 1.84 bits per heavy atom. The molecular weight excluding hydrogens is 409 g/mol. The van der Waals surface area contributed by atoms with Gasteiger partial charge in [0.25, 0.3) is 5.91 Å². The number of aromatic nitrogens is 4. The maximum Gasteiger partial charge on any atom is 0.272 e. The monoisotopic (exact) mass is 431 g/mol. The number of piperidine rings is 1. The first kappa shape index (κ1) is 20.1. The van der Waals surface area contributed by atoms with E-state index in [9.17, 15) is 9.18 Å². The summed E-state index contributed by atoms with van der Waals surface area (Å²) in [5, 5.41) is 12.8.